The molecule has 7 rings (SSSR count). The Balaban J connectivity index is 1.26. The number of hydrogen-bond acceptors (Lipinski definition) is 10. The third-order valence-corrected chi connectivity index (χ3v) is 9.74. The van der Waals surface area contributed by atoms with Gasteiger partial charge in [-0.25, -0.2) is 0 Å². The van der Waals surface area contributed by atoms with E-state index in [0.717, 1.165) is 16.3 Å². The number of thioether (sulfide) groups is 1. The van der Waals surface area contributed by atoms with Crippen LogP contribution in [0.15, 0.2) is 107 Å². The van der Waals surface area contributed by atoms with Gasteiger partial charge in [-0.05, 0) is 52.2 Å². The summed E-state index contributed by atoms with van der Waals surface area (Å²) in [6.45, 7) is 4.75. The van der Waals surface area contributed by atoms with Gasteiger partial charge in [-0.1, -0.05) is 90.4 Å². The molecule has 2 aliphatic heterocycles. The molecule has 0 spiro atoms. The number of amides is 1. The molecule has 1 fully saturated rings. The molecular formula is C35H27N3O6S2. The molecule has 0 aliphatic carbocycles. The summed E-state index contributed by atoms with van der Waals surface area (Å²) in [5, 5.41) is 22.9. The minimum Gasteiger partial charge on any atom is -0.507 e. The zero-order chi connectivity index (χ0) is 31.6. The Bertz CT molecular complexity index is 2020. The van der Waals surface area contributed by atoms with Crippen molar-refractivity contribution in [1.29, 1.82) is 0 Å². The maximum Gasteiger partial charge on any atom is 0.301 e. The van der Waals surface area contributed by atoms with Gasteiger partial charge in [-0.3, -0.25) is 14.5 Å². The molecule has 5 aromatic rings. The molecule has 230 valence electrons. The van der Waals surface area contributed by atoms with Crippen LogP contribution in [-0.4, -0.2) is 46.8 Å². The van der Waals surface area contributed by atoms with E-state index in [2.05, 4.69) is 41.0 Å². The van der Waals surface area contributed by atoms with Crippen molar-refractivity contribution in [3.63, 3.8) is 0 Å². The molecule has 0 unspecified atom stereocenters. The van der Waals surface area contributed by atoms with Crippen LogP contribution in [0.1, 0.15) is 22.7 Å². The second-order valence-corrected chi connectivity index (χ2v) is 12.7. The molecule has 0 saturated carbocycles. The Morgan fingerprint density at radius 2 is 1.80 bits per heavy atom. The maximum absolute atomic E-state index is 13.7. The van der Waals surface area contributed by atoms with Crippen LogP contribution in [0.3, 0.4) is 0 Å². The van der Waals surface area contributed by atoms with Gasteiger partial charge in [-0.2, -0.15) is 0 Å². The molecule has 11 heteroatoms. The third kappa shape index (κ3) is 5.59. The second-order valence-electron chi connectivity index (χ2n) is 10.5. The molecule has 4 aromatic carbocycles. The lowest BCUT2D eigenvalue weighted by Gasteiger charge is -2.23. The summed E-state index contributed by atoms with van der Waals surface area (Å²) in [4.78, 5) is 28.8. The van der Waals surface area contributed by atoms with Crippen LogP contribution in [-0.2, 0) is 15.3 Å². The predicted octanol–water partition coefficient (Wildman–Crippen LogP) is 6.95. The first-order valence-corrected chi connectivity index (χ1v) is 16.3. The minimum absolute atomic E-state index is 0.0808. The van der Waals surface area contributed by atoms with Crippen LogP contribution in [0.4, 0.5) is 5.13 Å². The standard InChI is InChI=1S/C35H27N3O6S2/c1-2-15-42-25-11-6-9-22(18-25)30-29(31(39)23-13-14-27-28(19-23)44-17-16-43-27)32(40)33(41)38(30)34-36-37-35(46-34)45-20-24-10-5-8-21-7-3-4-12-26(21)24/h2-14,18-19,30,39H,1,15-17,20H2/b31-29+/t30-/m1/s1. The molecule has 1 atom stereocenters. The Morgan fingerprint density at radius 1 is 1.00 bits per heavy atom. The topological polar surface area (TPSA) is 111 Å². The van der Waals surface area contributed by atoms with Crippen LogP contribution in [0.25, 0.3) is 16.5 Å². The van der Waals surface area contributed by atoms with Crippen LogP contribution >= 0.6 is 23.1 Å². The second kappa shape index (κ2) is 12.7. The molecule has 0 bridgehead atoms. The van der Waals surface area contributed by atoms with Crippen molar-refractivity contribution < 1.29 is 28.9 Å². The summed E-state index contributed by atoms with van der Waals surface area (Å²) in [7, 11) is 0. The van der Waals surface area contributed by atoms with Crippen molar-refractivity contribution in [3.8, 4) is 17.2 Å². The molecule has 1 aromatic heterocycles. The summed E-state index contributed by atoms with van der Waals surface area (Å²) in [6.07, 6.45) is 1.62. The average Bonchev–Trinajstić information content (AvgIpc) is 3.67. The number of aliphatic hydroxyl groups excluding tert-OH is 1. The lowest BCUT2D eigenvalue weighted by molar-refractivity contribution is -0.132. The van der Waals surface area contributed by atoms with Gasteiger partial charge in [0.05, 0.1) is 11.6 Å². The number of aromatic nitrogens is 2. The van der Waals surface area contributed by atoms with E-state index >= 15 is 0 Å². The van der Waals surface area contributed by atoms with Crippen molar-refractivity contribution in [1.82, 2.24) is 10.2 Å². The molecule has 1 saturated heterocycles. The summed E-state index contributed by atoms with van der Waals surface area (Å²) in [5.41, 5.74) is 1.94. The summed E-state index contributed by atoms with van der Waals surface area (Å²) >= 11 is 2.71. The van der Waals surface area contributed by atoms with Crippen LogP contribution < -0.4 is 19.1 Å². The molecule has 9 nitrogen and oxygen atoms in total. The van der Waals surface area contributed by atoms with Gasteiger partial charge >= 0.3 is 5.91 Å². The highest BCUT2D eigenvalue weighted by atomic mass is 32.2. The smallest absolute Gasteiger partial charge is 0.301 e. The number of aliphatic hydroxyl groups is 1. The maximum atomic E-state index is 13.7. The van der Waals surface area contributed by atoms with E-state index in [0.29, 0.717) is 51.7 Å². The van der Waals surface area contributed by atoms with E-state index in [1.165, 1.54) is 28.0 Å². The number of hydrogen-bond donors (Lipinski definition) is 1. The highest BCUT2D eigenvalue weighted by Gasteiger charge is 2.48. The number of ether oxygens (including phenoxy) is 3. The van der Waals surface area contributed by atoms with Crippen molar-refractivity contribution in [2.45, 2.75) is 16.1 Å². The van der Waals surface area contributed by atoms with Gasteiger partial charge in [0.2, 0.25) is 5.13 Å². The highest BCUT2D eigenvalue weighted by Crippen LogP contribution is 2.45. The lowest BCUT2D eigenvalue weighted by Crippen LogP contribution is -2.29. The first-order valence-electron chi connectivity index (χ1n) is 14.5. The number of anilines is 1. The predicted molar refractivity (Wildman–Crippen MR) is 178 cm³/mol. The summed E-state index contributed by atoms with van der Waals surface area (Å²) in [5.74, 6) is 0.150. The van der Waals surface area contributed by atoms with E-state index in [1.807, 2.05) is 18.2 Å². The number of rotatable bonds is 9. The number of ketones is 1. The molecule has 3 heterocycles. The van der Waals surface area contributed by atoms with E-state index in [4.69, 9.17) is 14.2 Å². The minimum atomic E-state index is -0.996. The molecule has 1 N–H and O–H groups in total. The average molecular weight is 650 g/mol. The summed E-state index contributed by atoms with van der Waals surface area (Å²) < 4.78 is 17.7. The monoisotopic (exact) mass is 649 g/mol. The SMILES string of the molecule is C=CCOc1cccc([C@@H]2/C(=C(\O)c3ccc4c(c3)OCCO4)C(=O)C(=O)N2c2nnc(SCc3cccc4ccccc34)s2)c1. The lowest BCUT2D eigenvalue weighted by atomic mass is 9.95. The number of carbonyl (C=O) groups excluding carboxylic acids is 2. The normalized spacial score (nSPS) is 17.0. The highest BCUT2D eigenvalue weighted by molar-refractivity contribution is 8.00. The quantitative estimate of drug-likeness (QED) is 0.0453. The molecule has 46 heavy (non-hydrogen) atoms. The number of nitrogens with zero attached hydrogens (tertiary/aromatic N) is 3. The van der Waals surface area contributed by atoms with Gasteiger partial charge < -0.3 is 19.3 Å². The first-order chi connectivity index (χ1) is 22.5. The van der Waals surface area contributed by atoms with E-state index in [9.17, 15) is 14.7 Å². The van der Waals surface area contributed by atoms with Gasteiger partial charge in [0.1, 0.15) is 31.3 Å². The first kappa shape index (κ1) is 29.6. The number of benzene rings is 4. The zero-order valence-electron chi connectivity index (χ0n) is 24.4. The number of fused-ring (bicyclic) bond motifs is 2. The van der Waals surface area contributed by atoms with Gasteiger partial charge in [-0.15, -0.1) is 10.2 Å². The van der Waals surface area contributed by atoms with Gasteiger partial charge in [0, 0.05) is 11.3 Å². The number of carbonyl (C=O) groups is 2. The fourth-order valence-electron chi connectivity index (χ4n) is 5.54. The molecule has 1 amide bonds. The van der Waals surface area contributed by atoms with Crippen LogP contribution in [0.2, 0.25) is 0 Å². The van der Waals surface area contributed by atoms with Gasteiger partial charge in [0.25, 0.3) is 5.78 Å². The van der Waals surface area contributed by atoms with E-state index < -0.39 is 17.7 Å². The Morgan fingerprint density at radius 3 is 2.67 bits per heavy atom. The number of Topliss-reactive ketones (excluding diaryl/α,β-unsaturated/α-hetero) is 1. The van der Waals surface area contributed by atoms with Crippen molar-refractivity contribution >= 4 is 56.5 Å². The van der Waals surface area contributed by atoms with E-state index in [-0.39, 0.29) is 23.1 Å². The van der Waals surface area contributed by atoms with E-state index in [1.54, 1.807) is 48.5 Å². The molecule has 2 aliphatic rings. The fourth-order valence-corrected chi connectivity index (χ4v) is 7.41. The van der Waals surface area contributed by atoms with Crippen molar-refractivity contribution in [2.24, 2.45) is 0 Å². The van der Waals surface area contributed by atoms with Crippen molar-refractivity contribution in [2.75, 3.05) is 24.7 Å². The van der Waals surface area contributed by atoms with Crippen molar-refractivity contribution in [3.05, 3.63) is 120 Å². The molecule has 0 radical (unpaired) electrons. The van der Waals surface area contributed by atoms with Gasteiger partial charge in [0.15, 0.2) is 15.8 Å². The Hall–Kier alpha value is -5.13. The Labute approximate surface area is 272 Å². The zero-order valence-corrected chi connectivity index (χ0v) is 26.1. The fraction of sp³-hybridized carbons (Fsp3) is 0.143. The summed E-state index contributed by atoms with van der Waals surface area (Å²) in [6, 6.07) is 25.3. The van der Waals surface area contributed by atoms with Crippen LogP contribution in [0.5, 0.6) is 17.2 Å². The third-order valence-electron chi connectivity index (χ3n) is 7.63. The molecular weight excluding hydrogens is 623 g/mol. The Kier molecular flexibility index (Phi) is 8.17. The van der Waals surface area contributed by atoms with Crippen LogP contribution in [0, 0.1) is 0 Å². The largest absolute Gasteiger partial charge is 0.507 e.